The number of hydrogen-bond donors (Lipinski definition) is 1. The summed E-state index contributed by atoms with van der Waals surface area (Å²) in [5.74, 6) is 0.115. The van der Waals surface area contributed by atoms with Gasteiger partial charge in [0, 0.05) is 21.7 Å². The van der Waals surface area contributed by atoms with E-state index in [0.717, 1.165) is 0 Å². The van der Waals surface area contributed by atoms with E-state index in [9.17, 15) is 4.39 Å². The smallest absolute Gasteiger partial charge is 0.142 e. The lowest BCUT2D eigenvalue weighted by Gasteiger charge is -2.25. The molecule has 2 nitrogen and oxygen atoms in total. The molecular weight excluding hydrogens is 312 g/mol. The van der Waals surface area contributed by atoms with E-state index in [2.05, 4.69) is 0 Å². The molecule has 112 valence electrons. The van der Waals surface area contributed by atoms with Crippen molar-refractivity contribution in [2.24, 2.45) is 5.73 Å². The van der Waals surface area contributed by atoms with E-state index in [-0.39, 0.29) is 11.9 Å². The minimum Gasteiger partial charge on any atom is -0.484 e. The molecule has 0 saturated heterocycles. The fourth-order valence-corrected chi connectivity index (χ4v) is 2.55. The third kappa shape index (κ3) is 4.10. The van der Waals surface area contributed by atoms with Gasteiger partial charge in [0.2, 0.25) is 0 Å². The number of rotatable bonds is 5. The Bertz CT molecular complexity index is 601. The van der Waals surface area contributed by atoms with E-state index < -0.39 is 6.10 Å². The highest BCUT2D eigenvalue weighted by Gasteiger charge is 2.23. The van der Waals surface area contributed by atoms with Crippen molar-refractivity contribution in [3.63, 3.8) is 0 Å². The van der Waals surface area contributed by atoms with Gasteiger partial charge in [0.1, 0.15) is 17.7 Å². The van der Waals surface area contributed by atoms with Crippen LogP contribution in [0.25, 0.3) is 0 Å². The van der Waals surface area contributed by atoms with Crippen LogP contribution in [0, 0.1) is 5.82 Å². The molecule has 2 aromatic carbocycles. The lowest BCUT2D eigenvalue weighted by molar-refractivity contribution is 0.166. The molecule has 0 saturated carbocycles. The van der Waals surface area contributed by atoms with Gasteiger partial charge in [-0.1, -0.05) is 48.3 Å². The number of halogens is 3. The Balaban J connectivity index is 2.35. The van der Waals surface area contributed by atoms with Crippen LogP contribution < -0.4 is 10.5 Å². The van der Waals surface area contributed by atoms with Crippen molar-refractivity contribution in [2.75, 3.05) is 0 Å². The third-order valence-electron chi connectivity index (χ3n) is 3.17. The van der Waals surface area contributed by atoms with Crippen LogP contribution in [0.3, 0.4) is 0 Å². The van der Waals surface area contributed by atoms with Crippen molar-refractivity contribution >= 4 is 23.2 Å². The summed E-state index contributed by atoms with van der Waals surface area (Å²) in [6, 6.07) is 11.0. The minimum absolute atomic E-state index is 0.348. The fourth-order valence-electron chi connectivity index (χ4n) is 2.04. The quantitative estimate of drug-likeness (QED) is 0.839. The molecule has 0 heterocycles. The van der Waals surface area contributed by atoms with Crippen LogP contribution in [0.1, 0.15) is 25.0 Å². The highest BCUT2D eigenvalue weighted by atomic mass is 35.5. The van der Waals surface area contributed by atoms with Gasteiger partial charge >= 0.3 is 0 Å². The molecule has 0 aliphatic carbocycles. The molecule has 0 fully saturated rings. The Hall–Kier alpha value is -1.29. The maximum absolute atomic E-state index is 14.0. The van der Waals surface area contributed by atoms with E-state index in [1.165, 1.54) is 6.07 Å². The second kappa shape index (κ2) is 7.12. The number of benzene rings is 2. The number of nitrogens with two attached hydrogens (primary N) is 1. The Labute approximate surface area is 133 Å². The lowest BCUT2D eigenvalue weighted by Crippen LogP contribution is -2.32. The van der Waals surface area contributed by atoms with Crippen LogP contribution >= 0.6 is 23.2 Å². The largest absolute Gasteiger partial charge is 0.484 e. The van der Waals surface area contributed by atoms with E-state index in [1.54, 1.807) is 36.4 Å². The summed E-state index contributed by atoms with van der Waals surface area (Å²) in [5.41, 5.74) is 6.50. The number of ether oxygens (including phenoxy) is 1. The van der Waals surface area contributed by atoms with E-state index in [1.807, 2.05) is 6.92 Å². The highest BCUT2D eigenvalue weighted by molar-refractivity contribution is 6.34. The molecule has 0 aromatic heterocycles. The SMILES string of the molecule is CCC(N)C(Oc1cc(Cl)cc(Cl)c1)c1ccccc1F. The van der Waals surface area contributed by atoms with E-state index in [0.29, 0.717) is 27.8 Å². The first-order valence-corrected chi connectivity index (χ1v) is 7.39. The predicted molar refractivity (Wildman–Crippen MR) is 84.5 cm³/mol. The van der Waals surface area contributed by atoms with Crippen molar-refractivity contribution in [2.45, 2.75) is 25.5 Å². The Kier molecular flexibility index (Phi) is 5.45. The first-order chi connectivity index (χ1) is 10.0. The molecule has 5 heteroatoms. The Morgan fingerprint density at radius 2 is 1.76 bits per heavy atom. The van der Waals surface area contributed by atoms with Gasteiger partial charge < -0.3 is 10.5 Å². The summed E-state index contributed by atoms with van der Waals surface area (Å²) in [4.78, 5) is 0. The van der Waals surface area contributed by atoms with Gasteiger partial charge in [-0.25, -0.2) is 4.39 Å². The van der Waals surface area contributed by atoms with Crippen molar-refractivity contribution < 1.29 is 9.13 Å². The van der Waals surface area contributed by atoms with Crippen LogP contribution in [0.5, 0.6) is 5.75 Å². The average molecular weight is 328 g/mol. The first-order valence-electron chi connectivity index (χ1n) is 6.64. The molecule has 0 bridgehead atoms. The highest BCUT2D eigenvalue weighted by Crippen LogP contribution is 2.31. The van der Waals surface area contributed by atoms with E-state index >= 15 is 0 Å². The molecule has 2 rings (SSSR count). The summed E-state index contributed by atoms with van der Waals surface area (Å²) in [6.07, 6.45) is 0.0403. The van der Waals surface area contributed by atoms with Crippen molar-refractivity contribution in [3.8, 4) is 5.75 Å². The third-order valence-corrected chi connectivity index (χ3v) is 3.61. The molecule has 0 amide bonds. The van der Waals surface area contributed by atoms with Crippen LogP contribution in [0.2, 0.25) is 10.0 Å². The van der Waals surface area contributed by atoms with Gasteiger partial charge in [-0.3, -0.25) is 0 Å². The van der Waals surface area contributed by atoms with Gasteiger partial charge in [-0.05, 0) is 30.7 Å². The summed E-state index contributed by atoms with van der Waals surface area (Å²) in [7, 11) is 0. The maximum atomic E-state index is 14.0. The zero-order chi connectivity index (χ0) is 15.4. The van der Waals surface area contributed by atoms with Gasteiger partial charge in [0.05, 0.1) is 0 Å². The molecular formula is C16H16Cl2FNO. The summed E-state index contributed by atoms with van der Waals surface area (Å²) in [5, 5.41) is 0.907. The molecule has 0 radical (unpaired) electrons. The summed E-state index contributed by atoms with van der Waals surface area (Å²) < 4.78 is 19.9. The molecule has 0 aliphatic rings. The second-order valence-corrected chi connectivity index (χ2v) is 5.61. The van der Waals surface area contributed by atoms with Crippen LogP contribution in [0.15, 0.2) is 42.5 Å². The first kappa shape index (κ1) is 16.1. The number of hydrogen-bond acceptors (Lipinski definition) is 2. The van der Waals surface area contributed by atoms with Crippen molar-refractivity contribution in [1.29, 1.82) is 0 Å². The molecule has 0 aliphatic heterocycles. The van der Waals surface area contributed by atoms with E-state index in [4.69, 9.17) is 33.7 Å². The normalized spacial score (nSPS) is 13.8. The molecule has 2 N–H and O–H groups in total. The van der Waals surface area contributed by atoms with Gasteiger partial charge in [-0.15, -0.1) is 0 Å². The molecule has 21 heavy (non-hydrogen) atoms. The zero-order valence-electron chi connectivity index (χ0n) is 11.5. The molecule has 2 aromatic rings. The maximum Gasteiger partial charge on any atom is 0.142 e. The van der Waals surface area contributed by atoms with Gasteiger partial charge in [0.25, 0.3) is 0 Å². The monoisotopic (exact) mass is 327 g/mol. The lowest BCUT2D eigenvalue weighted by atomic mass is 10.0. The molecule has 2 atom stereocenters. The summed E-state index contributed by atoms with van der Waals surface area (Å²) in [6.45, 7) is 1.92. The van der Waals surface area contributed by atoms with Gasteiger partial charge in [-0.2, -0.15) is 0 Å². The molecule has 2 unspecified atom stereocenters. The standard InChI is InChI=1S/C16H16Cl2FNO/c1-2-15(20)16(13-5-3-4-6-14(13)19)21-12-8-10(17)7-11(18)9-12/h3-9,15-16H,2,20H2,1H3. The Morgan fingerprint density at radius 3 is 2.33 bits per heavy atom. The van der Waals surface area contributed by atoms with Crippen LogP contribution in [-0.4, -0.2) is 6.04 Å². The van der Waals surface area contributed by atoms with Crippen molar-refractivity contribution in [3.05, 3.63) is 63.9 Å². The topological polar surface area (TPSA) is 35.2 Å². The summed E-state index contributed by atoms with van der Waals surface area (Å²) >= 11 is 11.9. The average Bonchev–Trinajstić information content (AvgIpc) is 2.44. The predicted octanol–water partition coefficient (Wildman–Crippen LogP) is 4.99. The zero-order valence-corrected chi connectivity index (χ0v) is 13.0. The van der Waals surface area contributed by atoms with Crippen molar-refractivity contribution in [1.82, 2.24) is 0 Å². The van der Waals surface area contributed by atoms with Crippen LogP contribution in [0.4, 0.5) is 4.39 Å². The Morgan fingerprint density at radius 1 is 1.14 bits per heavy atom. The minimum atomic E-state index is -0.606. The molecule has 0 spiro atoms. The fraction of sp³-hybridized carbons (Fsp3) is 0.250. The second-order valence-electron chi connectivity index (χ2n) is 4.74. The van der Waals surface area contributed by atoms with Gasteiger partial charge in [0.15, 0.2) is 0 Å². The van der Waals surface area contributed by atoms with Crippen LogP contribution in [-0.2, 0) is 0 Å².